The standard InChI is InChI=1S/C16H21N5O/c22-16-5-4-15(14-2-3-14)18-21(16)12-13-10-19(11-13)8-9-20-7-1-6-17-20/h1,4-7,13-14H,2-3,8-12H2. The van der Waals surface area contributed by atoms with Crippen LogP contribution in [0.4, 0.5) is 0 Å². The molecule has 1 saturated carbocycles. The molecule has 0 bridgehead atoms. The minimum Gasteiger partial charge on any atom is -0.301 e. The molecule has 1 aliphatic carbocycles. The van der Waals surface area contributed by atoms with Gasteiger partial charge in [0.05, 0.1) is 18.8 Å². The zero-order valence-electron chi connectivity index (χ0n) is 12.6. The summed E-state index contributed by atoms with van der Waals surface area (Å²) in [5.41, 5.74) is 1.12. The number of hydrogen-bond acceptors (Lipinski definition) is 4. The summed E-state index contributed by atoms with van der Waals surface area (Å²) < 4.78 is 3.63. The van der Waals surface area contributed by atoms with Crippen LogP contribution >= 0.6 is 0 Å². The van der Waals surface area contributed by atoms with Crippen LogP contribution in [0.5, 0.6) is 0 Å². The first-order valence-electron chi connectivity index (χ1n) is 8.06. The van der Waals surface area contributed by atoms with Crippen molar-refractivity contribution in [2.24, 2.45) is 5.92 Å². The maximum Gasteiger partial charge on any atom is 0.266 e. The molecule has 116 valence electrons. The van der Waals surface area contributed by atoms with Crippen molar-refractivity contribution in [1.29, 1.82) is 0 Å². The number of rotatable bonds is 6. The Labute approximate surface area is 129 Å². The first kappa shape index (κ1) is 13.7. The van der Waals surface area contributed by atoms with E-state index in [0.29, 0.717) is 11.8 Å². The van der Waals surface area contributed by atoms with Crippen LogP contribution in [0.25, 0.3) is 0 Å². The van der Waals surface area contributed by atoms with Crippen LogP contribution in [-0.2, 0) is 13.1 Å². The largest absolute Gasteiger partial charge is 0.301 e. The van der Waals surface area contributed by atoms with Gasteiger partial charge in [-0.2, -0.15) is 10.2 Å². The molecule has 4 rings (SSSR count). The van der Waals surface area contributed by atoms with Gasteiger partial charge in [-0.1, -0.05) is 0 Å². The minimum absolute atomic E-state index is 0.0272. The summed E-state index contributed by atoms with van der Waals surface area (Å²) in [4.78, 5) is 14.3. The minimum atomic E-state index is 0.0272. The van der Waals surface area contributed by atoms with E-state index in [1.165, 1.54) is 12.8 Å². The van der Waals surface area contributed by atoms with Crippen molar-refractivity contribution in [3.8, 4) is 0 Å². The van der Waals surface area contributed by atoms with Gasteiger partial charge in [-0.05, 0) is 25.0 Å². The Morgan fingerprint density at radius 1 is 1.18 bits per heavy atom. The molecule has 2 aromatic rings. The van der Waals surface area contributed by atoms with Crippen LogP contribution in [0.3, 0.4) is 0 Å². The Kier molecular flexibility index (Phi) is 3.54. The SMILES string of the molecule is O=c1ccc(C2CC2)nn1CC1CN(CCn2cccn2)C1. The van der Waals surface area contributed by atoms with Gasteiger partial charge in [-0.3, -0.25) is 9.48 Å². The number of hydrogen-bond donors (Lipinski definition) is 0. The van der Waals surface area contributed by atoms with E-state index in [9.17, 15) is 4.79 Å². The Hall–Kier alpha value is -1.95. The third-order valence-electron chi connectivity index (χ3n) is 4.55. The predicted octanol–water partition coefficient (Wildman–Crippen LogP) is 0.949. The molecule has 2 fully saturated rings. The lowest BCUT2D eigenvalue weighted by atomic mass is 10.0. The topological polar surface area (TPSA) is 56.0 Å². The van der Waals surface area contributed by atoms with Gasteiger partial charge in [0.25, 0.3) is 5.56 Å². The van der Waals surface area contributed by atoms with Gasteiger partial charge >= 0.3 is 0 Å². The Balaban J connectivity index is 1.28. The molecule has 0 radical (unpaired) electrons. The summed E-state index contributed by atoms with van der Waals surface area (Å²) in [6, 6.07) is 5.52. The lowest BCUT2D eigenvalue weighted by Gasteiger charge is -2.39. The molecule has 2 aromatic heterocycles. The average Bonchev–Trinajstić information content (AvgIpc) is 3.20. The molecular weight excluding hydrogens is 278 g/mol. The maximum atomic E-state index is 11.9. The molecule has 0 aromatic carbocycles. The van der Waals surface area contributed by atoms with Gasteiger partial charge < -0.3 is 4.90 Å². The second-order valence-corrected chi connectivity index (χ2v) is 6.45. The summed E-state index contributed by atoms with van der Waals surface area (Å²) in [6.07, 6.45) is 6.24. The maximum absolute atomic E-state index is 11.9. The Morgan fingerprint density at radius 2 is 2.05 bits per heavy atom. The van der Waals surface area contributed by atoms with Crippen molar-refractivity contribution < 1.29 is 0 Å². The van der Waals surface area contributed by atoms with Gasteiger partial charge in [0.2, 0.25) is 0 Å². The van der Waals surface area contributed by atoms with E-state index in [2.05, 4.69) is 15.1 Å². The summed E-state index contributed by atoms with van der Waals surface area (Å²) >= 11 is 0. The van der Waals surface area contributed by atoms with Crippen molar-refractivity contribution >= 4 is 0 Å². The highest BCUT2D eigenvalue weighted by atomic mass is 16.1. The second-order valence-electron chi connectivity index (χ2n) is 6.45. The highest BCUT2D eigenvalue weighted by Crippen LogP contribution is 2.38. The summed E-state index contributed by atoms with van der Waals surface area (Å²) in [7, 11) is 0. The van der Waals surface area contributed by atoms with E-state index < -0.39 is 0 Å². The van der Waals surface area contributed by atoms with E-state index in [0.717, 1.165) is 38.4 Å². The Morgan fingerprint density at radius 3 is 2.77 bits per heavy atom. The number of nitrogens with zero attached hydrogens (tertiary/aromatic N) is 5. The van der Waals surface area contributed by atoms with E-state index in [4.69, 9.17) is 0 Å². The Bertz CT molecular complexity index is 683. The van der Waals surface area contributed by atoms with Crippen LogP contribution in [0, 0.1) is 5.92 Å². The highest BCUT2D eigenvalue weighted by Gasteiger charge is 2.29. The molecular formula is C16H21N5O. The van der Waals surface area contributed by atoms with Crippen molar-refractivity contribution in [2.45, 2.75) is 31.8 Å². The van der Waals surface area contributed by atoms with Crippen LogP contribution in [0.1, 0.15) is 24.5 Å². The molecule has 0 spiro atoms. The van der Waals surface area contributed by atoms with Crippen LogP contribution in [0.15, 0.2) is 35.4 Å². The zero-order chi connectivity index (χ0) is 14.9. The van der Waals surface area contributed by atoms with Crippen molar-refractivity contribution in [3.05, 3.63) is 46.6 Å². The van der Waals surface area contributed by atoms with Crippen LogP contribution in [0.2, 0.25) is 0 Å². The first-order chi connectivity index (χ1) is 10.8. The first-order valence-corrected chi connectivity index (χ1v) is 8.06. The van der Waals surface area contributed by atoms with E-state index in [-0.39, 0.29) is 5.56 Å². The van der Waals surface area contributed by atoms with Crippen molar-refractivity contribution in [1.82, 2.24) is 24.5 Å². The normalized spacial score (nSPS) is 19.3. The summed E-state index contributed by atoms with van der Waals surface area (Å²) in [5.74, 6) is 1.14. The third kappa shape index (κ3) is 2.97. The van der Waals surface area contributed by atoms with Crippen LogP contribution in [-0.4, -0.2) is 44.1 Å². The summed E-state index contributed by atoms with van der Waals surface area (Å²) in [5, 5.41) is 8.75. The third-order valence-corrected chi connectivity index (χ3v) is 4.55. The molecule has 1 aliphatic heterocycles. The molecule has 0 N–H and O–H groups in total. The molecule has 1 saturated heterocycles. The molecule has 6 nitrogen and oxygen atoms in total. The number of likely N-dealkylation sites (tertiary alicyclic amines) is 1. The van der Waals surface area contributed by atoms with Crippen molar-refractivity contribution in [3.63, 3.8) is 0 Å². The van der Waals surface area contributed by atoms with E-state index in [1.807, 2.05) is 29.2 Å². The quantitative estimate of drug-likeness (QED) is 0.797. The van der Waals surface area contributed by atoms with Gasteiger partial charge in [-0.15, -0.1) is 0 Å². The molecule has 0 unspecified atom stereocenters. The fourth-order valence-corrected chi connectivity index (χ4v) is 3.09. The molecule has 3 heterocycles. The zero-order valence-corrected chi connectivity index (χ0v) is 12.6. The van der Waals surface area contributed by atoms with Gasteiger partial charge in [0.1, 0.15) is 0 Å². The summed E-state index contributed by atoms with van der Waals surface area (Å²) in [6.45, 7) is 4.78. The highest BCUT2D eigenvalue weighted by molar-refractivity contribution is 5.12. The van der Waals surface area contributed by atoms with Crippen LogP contribution < -0.4 is 5.56 Å². The lowest BCUT2D eigenvalue weighted by Crippen LogP contribution is -2.50. The van der Waals surface area contributed by atoms with Gasteiger partial charge in [0.15, 0.2) is 0 Å². The number of aromatic nitrogens is 4. The average molecular weight is 299 g/mol. The molecule has 0 amide bonds. The van der Waals surface area contributed by atoms with E-state index >= 15 is 0 Å². The molecule has 0 atom stereocenters. The monoisotopic (exact) mass is 299 g/mol. The molecule has 2 aliphatic rings. The van der Waals surface area contributed by atoms with E-state index in [1.54, 1.807) is 10.7 Å². The second kappa shape index (κ2) is 5.68. The lowest BCUT2D eigenvalue weighted by molar-refractivity contribution is 0.0793. The molecule has 22 heavy (non-hydrogen) atoms. The van der Waals surface area contributed by atoms with Gasteiger partial charge in [0, 0.05) is 49.9 Å². The molecule has 6 heteroatoms. The van der Waals surface area contributed by atoms with Gasteiger partial charge in [-0.25, -0.2) is 4.68 Å². The fourth-order valence-electron chi connectivity index (χ4n) is 3.09. The smallest absolute Gasteiger partial charge is 0.266 e. The van der Waals surface area contributed by atoms with Crippen molar-refractivity contribution in [2.75, 3.05) is 19.6 Å². The fraction of sp³-hybridized carbons (Fsp3) is 0.562. The predicted molar refractivity (Wildman–Crippen MR) is 82.6 cm³/mol.